The Morgan fingerprint density at radius 3 is 2.08 bits per heavy atom. The number of nitrogens with one attached hydrogen (secondary N) is 4. The molecule has 1 aliphatic carbocycles. The van der Waals surface area contributed by atoms with Crippen molar-refractivity contribution in [3.8, 4) is 5.75 Å². The summed E-state index contributed by atoms with van der Waals surface area (Å²) < 4.78 is 17.4. The van der Waals surface area contributed by atoms with E-state index in [0.29, 0.717) is 47.7 Å². The van der Waals surface area contributed by atoms with Crippen LogP contribution < -0.4 is 33.6 Å². The van der Waals surface area contributed by atoms with E-state index in [2.05, 4.69) is 70.6 Å². The SMILES string of the molecule is CNC1CC(O)COC1O.CO.N=C(N)N.N=C(N)N.O=C(CO/N=C/C1COC(OC2CC(O)CC(O)C2)C1)Nc1cc(Br)cc(Br)c1O. The molecule has 1 amide bonds. The average Bonchev–Trinajstić information content (AvgIpc) is 3.46. The van der Waals surface area contributed by atoms with Gasteiger partial charge in [-0.3, -0.25) is 15.6 Å². The quantitative estimate of drug-likeness (QED) is 0.0611. The van der Waals surface area contributed by atoms with Crippen molar-refractivity contribution in [2.45, 2.75) is 75.1 Å². The number of carbonyl (C=O) groups is 1. The first kappa shape index (κ1) is 47.1. The number of nitrogens with two attached hydrogens (primary N) is 4. The highest BCUT2D eigenvalue weighted by molar-refractivity contribution is 9.11. The summed E-state index contributed by atoms with van der Waals surface area (Å²) in [5.41, 5.74) is 18.1. The molecule has 22 heteroatoms. The zero-order valence-corrected chi connectivity index (χ0v) is 30.9. The molecule has 4 rings (SSSR count). The van der Waals surface area contributed by atoms with Gasteiger partial charge in [0.2, 0.25) is 0 Å². The van der Waals surface area contributed by atoms with E-state index in [9.17, 15) is 20.1 Å². The summed E-state index contributed by atoms with van der Waals surface area (Å²) in [5, 5.41) is 75.9. The van der Waals surface area contributed by atoms with Crippen molar-refractivity contribution in [2.75, 3.05) is 39.3 Å². The minimum atomic E-state index is -0.770. The normalized spacial score (nSPS) is 27.0. The van der Waals surface area contributed by atoms with Gasteiger partial charge in [-0.05, 0) is 60.8 Å². The Kier molecular flexibility index (Phi) is 24.5. The first-order chi connectivity index (χ1) is 23.5. The van der Waals surface area contributed by atoms with Crippen molar-refractivity contribution < 1.29 is 54.5 Å². The van der Waals surface area contributed by atoms with Crippen LogP contribution in [0.4, 0.5) is 5.69 Å². The molecule has 1 saturated carbocycles. The van der Waals surface area contributed by atoms with Crippen LogP contribution in [0, 0.1) is 16.7 Å². The van der Waals surface area contributed by atoms with Gasteiger partial charge >= 0.3 is 0 Å². The van der Waals surface area contributed by atoms with E-state index in [4.69, 9.17) is 45.2 Å². The number of carbonyl (C=O) groups excluding carboxylic acids is 1. The van der Waals surface area contributed by atoms with Crippen LogP contribution in [0.25, 0.3) is 0 Å². The van der Waals surface area contributed by atoms with Crippen LogP contribution in [-0.2, 0) is 23.8 Å². The third-order valence-corrected chi connectivity index (χ3v) is 7.56. The molecule has 7 unspecified atom stereocenters. The molecule has 288 valence electrons. The van der Waals surface area contributed by atoms with Gasteiger partial charge in [-0.1, -0.05) is 21.1 Å². The number of phenolic OH excluding ortho intramolecular Hbond substituents is 1. The third-order valence-electron chi connectivity index (χ3n) is 6.49. The number of aromatic hydroxyl groups is 1. The molecule has 3 fully saturated rings. The van der Waals surface area contributed by atoms with Crippen LogP contribution in [0.1, 0.15) is 32.1 Å². The molecule has 0 spiro atoms. The highest BCUT2D eigenvalue weighted by Gasteiger charge is 2.32. The number of rotatable bonds is 8. The molecule has 7 atom stereocenters. The molecule has 18 N–H and O–H groups in total. The third kappa shape index (κ3) is 21.3. The molecule has 2 heterocycles. The molecule has 20 nitrogen and oxygen atoms in total. The van der Waals surface area contributed by atoms with Gasteiger partial charge in [-0.25, -0.2) is 0 Å². The fourth-order valence-corrected chi connectivity index (χ4v) is 5.71. The Labute approximate surface area is 306 Å². The Hall–Kier alpha value is -2.90. The summed E-state index contributed by atoms with van der Waals surface area (Å²) in [4.78, 5) is 17.0. The van der Waals surface area contributed by atoms with E-state index in [1.165, 1.54) is 0 Å². The maximum atomic E-state index is 12.0. The number of likely N-dealkylation sites (N-methyl/N-ethyl adjacent to an activating group) is 1. The van der Waals surface area contributed by atoms with Crippen LogP contribution in [0.5, 0.6) is 5.75 Å². The standard InChI is InChI=1S/C19H24Br2N2O7.C6H13NO3.2CH5N3.CH4O/c20-11-2-15(21)19(27)16(3-11)23-17(26)9-29-22-7-10-1-18(28-8-10)30-14-5-12(24)4-13(25)6-14;1-7-5-2-4(8)3-10-6(5)9;2*2-1(3)4;1-2/h2-3,7,10,12-14,18,24-25,27H,1,4-6,8-9H2,(H,23,26);4-9H,2-3H2,1H3;2*(H5,2,3,4);2H,1H3/b22-7+;;;;. The molecule has 0 bridgehead atoms. The Morgan fingerprint density at radius 2 is 1.54 bits per heavy atom. The van der Waals surface area contributed by atoms with E-state index in [1.54, 1.807) is 25.4 Å². The predicted molar refractivity (Wildman–Crippen MR) is 191 cm³/mol. The minimum absolute atomic E-state index is 0.0263. The fraction of sp³-hybridized carbons (Fsp3) is 0.643. The van der Waals surface area contributed by atoms with E-state index in [0.717, 1.165) is 7.11 Å². The number of guanidine groups is 2. The smallest absolute Gasteiger partial charge is 0.265 e. The number of hydrogen-bond acceptors (Lipinski definition) is 15. The van der Waals surface area contributed by atoms with Crippen LogP contribution in [0.15, 0.2) is 26.2 Å². The number of amides is 1. The number of anilines is 1. The van der Waals surface area contributed by atoms with Crippen LogP contribution >= 0.6 is 31.9 Å². The van der Waals surface area contributed by atoms with Gasteiger partial charge in [0.05, 0.1) is 53.8 Å². The van der Waals surface area contributed by atoms with Gasteiger partial charge < -0.3 is 83.3 Å². The summed E-state index contributed by atoms with van der Waals surface area (Å²) in [6.45, 7) is 0.326. The number of oxime groups is 1. The largest absolute Gasteiger partial charge is 0.505 e. The lowest BCUT2D eigenvalue weighted by Crippen LogP contribution is -2.47. The second kappa shape index (κ2) is 26.0. The molecule has 0 aromatic heterocycles. The van der Waals surface area contributed by atoms with Crippen molar-refractivity contribution >= 4 is 61.6 Å². The van der Waals surface area contributed by atoms with Crippen molar-refractivity contribution in [1.82, 2.24) is 5.32 Å². The number of phenols is 1. The lowest BCUT2D eigenvalue weighted by Gasteiger charge is -2.31. The first-order valence-electron chi connectivity index (χ1n) is 15.1. The second-order valence-electron chi connectivity index (χ2n) is 10.8. The summed E-state index contributed by atoms with van der Waals surface area (Å²) in [7, 11) is 2.73. The molecule has 2 saturated heterocycles. The number of benzene rings is 1. The molecule has 3 aliphatic rings. The average molecular weight is 850 g/mol. The zero-order valence-electron chi connectivity index (χ0n) is 27.7. The lowest BCUT2D eigenvalue weighted by atomic mass is 9.92. The molecule has 1 aromatic carbocycles. The molecule has 1 aromatic rings. The first-order valence-corrected chi connectivity index (χ1v) is 16.6. The molecule has 2 aliphatic heterocycles. The zero-order chi connectivity index (χ0) is 38.4. The number of nitrogens with zero attached hydrogens (tertiary/aromatic N) is 1. The van der Waals surface area contributed by atoms with Crippen LogP contribution in [0.2, 0.25) is 0 Å². The maximum absolute atomic E-state index is 12.0. The number of aliphatic hydroxyl groups excluding tert-OH is 5. The molecular weight excluding hydrogens is 798 g/mol. The van der Waals surface area contributed by atoms with Crippen LogP contribution in [0.3, 0.4) is 0 Å². The summed E-state index contributed by atoms with van der Waals surface area (Å²) in [5.74, 6) is -1.24. The molecule has 0 radical (unpaired) electrons. The van der Waals surface area contributed by atoms with E-state index in [1.807, 2.05) is 0 Å². The highest BCUT2D eigenvalue weighted by atomic mass is 79.9. The van der Waals surface area contributed by atoms with E-state index < -0.39 is 36.8 Å². The Morgan fingerprint density at radius 1 is 0.960 bits per heavy atom. The summed E-state index contributed by atoms with van der Waals surface area (Å²) >= 11 is 6.48. The molecular formula is C28H51Br2N9O11. The predicted octanol–water partition coefficient (Wildman–Crippen LogP) is -1.53. The monoisotopic (exact) mass is 847 g/mol. The van der Waals surface area contributed by atoms with E-state index in [-0.39, 0.29) is 54.6 Å². The minimum Gasteiger partial charge on any atom is -0.505 e. The lowest BCUT2D eigenvalue weighted by molar-refractivity contribution is -0.171. The maximum Gasteiger partial charge on any atom is 0.265 e. The summed E-state index contributed by atoms with van der Waals surface area (Å²) in [6, 6.07) is 3.09. The van der Waals surface area contributed by atoms with Crippen LogP contribution in [-0.4, -0.2) is 132 Å². The highest BCUT2D eigenvalue weighted by Crippen LogP contribution is 2.35. The number of aliphatic hydroxyl groups is 5. The van der Waals surface area contributed by atoms with Crippen molar-refractivity contribution in [1.29, 1.82) is 10.8 Å². The topological polar surface area (TPSA) is 364 Å². The number of halogens is 2. The van der Waals surface area contributed by atoms with Gasteiger partial charge in [0.15, 0.2) is 36.9 Å². The Balaban J connectivity index is 0.000000981. The van der Waals surface area contributed by atoms with Crippen molar-refractivity contribution in [3.05, 3.63) is 21.1 Å². The second-order valence-corrected chi connectivity index (χ2v) is 12.6. The van der Waals surface area contributed by atoms with Gasteiger partial charge in [0.1, 0.15) is 0 Å². The van der Waals surface area contributed by atoms with Gasteiger partial charge in [-0.15, -0.1) is 0 Å². The van der Waals surface area contributed by atoms with Gasteiger partial charge in [-0.2, -0.15) is 0 Å². The summed E-state index contributed by atoms with van der Waals surface area (Å²) in [6.07, 6.45) is 1.04. The number of ether oxygens (including phenoxy) is 3. The van der Waals surface area contributed by atoms with Gasteiger partial charge in [0, 0.05) is 30.1 Å². The fourth-order valence-electron chi connectivity index (χ4n) is 4.48. The van der Waals surface area contributed by atoms with Crippen molar-refractivity contribution in [2.24, 2.45) is 34.0 Å². The Bertz CT molecular complexity index is 1160. The number of hydrogen-bond donors (Lipinski definition) is 14. The van der Waals surface area contributed by atoms with E-state index >= 15 is 0 Å². The van der Waals surface area contributed by atoms with Gasteiger partial charge in [0.25, 0.3) is 5.91 Å². The molecule has 50 heavy (non-hydrogen) atoms. The van der Waals surface area contributed by atoms with Crippen molar-refractivity contribution in [3.63, 3.8) is 0 Å².